The Bertz CT molecular complexity index is 603. The van der Waals surface area contributed by atoms with E-state index in [0.29, 0.717) is 0 Å². The number of rotatable bonds is 1. The number of carboxylic acids is 1. The summed E-state index contributed by atoms with van der Waals surface area (Å²) in [4.78, 5) is 14.1. The van der Waals surface area contributed by atoms with Gasteiger partial charge in [0.25, 0.3) is 0 Å². The van der Waals surface area contributed by atoms with Crippen LogP contribution >= 0.6 is 0 Å². The maximum atomic E-state index is 12.5. The van der Waals surface area contributed by atoms with Crippen molar-refractivity contribution in [2.24, 2.45) is 0 Å². The maximum Gasteiger partial charge on any atom is 0.433 e. The highest BCUT2D eigenvalue weighted by Gasteiger charge is 2.34. The summed E-state index contributed by atoms with van der Waals surface area (Å²) >= 11 is 0. The fraction of sp³-hybridized carbons (Fsp3) is 0.222. The molecule has 0 fully saturated rings. The summed E-state index contributed by atoms with van der Waals surface area (Å²) in [6, 6.07) is 0.811. The number of hydrogen-bond acceptors (Lipinski definition) is 3. The molecule has 1 N–H and O–H groups in total. The van der Waals surface area contributed by atoms with Crippen molar-refractivity contribution >= 4 is 11.6 Å². The molecule has 2 aromatic heterocycles. The molecular weight excluding hydrogens is 239 g/mol. The van der Waals surface area contributed by atoms with Gasteiger partial charge < -0.3 is 5.11 Å². The van der Waals surface area contributed by atoms with Crippen LogP contribution in [0.5, 0.6) is 0 Å². The number of aromatic nitrogens is 3. The van der Waals surface area contributed by atoms with Gasteiger partial charge in [0.1, 0.15) is 11.3 Å². The lowest BCUT2D eigenvalue weighted by Gasteiger charge is -2.07. The first-order chi connectivity index (χ1) is 7.80. The van der Waals surface area contributed by atoms with E-state index in [1.165, 1.54) is 6.92 Å². The number of fused-ring (bicyclic) bond motifs is 1. The minimum Gasteiger partial charge on any atom is -0.477 e. The molecule has 0 saturated carbocycles. The van der Waals surface area contributed by atoms with E-state index in [1.54, 1.807) is 0 Å². The van der Waals surface area contributed by atoms with Crippen LogP contribution in [0.1, 0.15) is 21.7 Å². The standard InChI is InChI=1S/C9H6F3N3O2/c1-4-2-6(9(10,11)12)14-7-5(8(16)17)3-13-15(4)7/h2-3H,1H3,(H,16,17). The Kier molecular flexibility index (Phi) is 2.30. The molecule has 2 heterocycles. The molecule has 8 heteroatoms. The second kappa shape index (κ2) is 3.44. The minimum atomic E-state index is -4.62. The van der Waals surface area contributed by atoms with Crippen LogP contribution in [0, 0.1) is 6.92 Å². The summed E-state index contributed by atoms with van der Waals surface area (Å²) in [6.07, 6.45) is -3.65. The monoisotopic (exact) mass is 245 g/mol. The Morgan fingerprint density at radius 3 is 2.65 bits per heavy atom. The van der Waals surface area contributed by atoms with Crippen molar-refractivity contribution < 1.29 is 23.1 Å². The van der Waals surface area contributed by atoms with Gasteiger partial charge in [-0.1, -0.05) is 0 Å². The van der Waals surface area contributed by atoms with E-state index in [1.807, 2.05) is 0 Å². The number of hydrogen-bond donors (Lipinski definition) is 1. The Hall–Kier alpha value is -2.12. The van der Waals surface area contributed by atoms with Gasteiger partial charge in [-0.3, -0.25) is 0 Å². The highest BCUT2D eigenvalue weighted by Crippen LogP contribution is 2.28. The third-order valence-corrected chi connectivity index (χ3v) is 2.17. The third kappa shape index (κ3) is 1.81. The van der Waals surface area contributed by atoms with Crippen LogP contribution in [0.3, 0.4) is 0 Å². The lowest BCUT2D eigenvalue weighted by molar-refractivity contribution is -0.141. The molecule has 0 radical (unpaired) electrons. The van der Waals surface area contributed by atoms with Crippen molar-refractivity contribution in [3.8, 4) is 0 Å². The minimum absolute atomic E-state index is 0.162. The van der Waals surface area contributed by atoms with Gasteiger partial charge in [-0.2, -0.15) is 18.3 Å². The van der Waals surface area contributed by atoms with Gasteiger partial charge in [0.05, 0.1) is 6.20 Å². The van der Waals surface area contributed by atoms with E-state index in [4.69, 9.17) is 5.11 Å². The molecular formula is C9H6F3N3O2. The molecule has 0 unspecified atom stereocenters. The Morgan fingerprint density at radius 1 is 1.47 bits per heavy atom. The van der Waals surface area contributed by atoms with Crippen LogP contribution in [0.2, 0.25) is 0 Å². The second-order valence-corrected chi connectivity index (χ2v) is 3.38. The van der Waals surface area contributed by atoms with E-state index < -0.39 is 17.8 Å². The molecule has 90 valence electrons. The summed E-state index contributed by atoms with van der Waals surface area (Å²) in [7, 11) is 0. The number of halogens is 3. The van der Waals surface area contributed by atoms with E-state index in [2.05, 4.69) is 10.1 Å². The molecule has 0 aliphatic rings. The van der Waals surface area contributed by atoms with E-state index >= 15 is 0 Å². The van der Waals surface area contributed by atoms with Gasteiger partial charge in [0.2, 0.25) is 0 Å². The Morgan fingerprint density at radius 2 is 2.12 bits per heavy atom. The molecule has 5 nitrogen and oxygen atoms in total. The maximum absolute atomic E-state index is 12.5. The van der Waals surface area contributed by atoms with E-state index in [0.717, 1.165) is 16.8 Å². The Labute approximate surface area is 92.5 Å². The number of aryl methyl sites for hydroxylation is 1. The van der Waals surface area contributed by atoms with Gasteiger partial charge in [0, 0.05) is 5.69 Å². The first-order valence-electron chi connectivity index (χ1n) is 4.46. The van der Waals surface area contributed by atoms with Crippen LogP contribution < -0.4 is 0 Å². The first-order valence-corrected chi connectivity index (χ1v) is 4.46. The molecule has 0 atom stereocenters. The number of nitrogens with zero attached hydrogens (tertiary/aromatic N) is 3. The smallest absolute Gasteiger partial charge is 0.433 e. The molecule has 0 saturated heterocycles. The second-order valence-electron chi connectivity index (χ2n) is 3.38. The van der Waals surface area contributed by atoms with Crippen LogP contribution in [0.25, 0.3) is 5.65 Å². The molecule has 0 aliphatic heterocycles. The summed E-state index contributed by atoms with van der Waals surface area (Å²) < 4.78 is 38.5. The first kappa shape index (κ1) is 11.4. The quantitative estimate of drug-likeness (QED) is 0.831. The summed E-state index contributed by atoms with van der Waals surface area (Å²) in [5.41, 5.74) is -1.65. The van der Waals surface area contributed by atoms with E-state index in [9.17, 15) is 18.0 Å². The summed E-state index contributed by atoms with van der Waals surface area (Å²) in [5.74, 6) is -1.37. The molecule has 0 spiro atoms. The molecule has 0 aliphatic carbocycles. The SMILES string of the molecule is Cc1cc(C(F)(F)F)nc2c(C(=O)O)cnn12. The Balaban J connectivity index is 2.78. The highest BCUT2D eigenvalue weighted by atomic mass is 19.4. The van der Waals surface area contributed by atoms with Gasteiger partial charge in [-0.25, -0.2) is 14.3 Å². The predicted molar refractivity (Wildman–Crippen MR) is 49.7 cm³/mol. The summed E-state index contributed by atoms with van der Waals surface area (Å²) in [6.45, 7) is 1.39. The van der Waals surface area contributed by atoms with Gasteiger partial charge in [-0.05, 0) is 13.0 Å². The molecule has 2 aromatic rings. The number of aromatic carboxylic acids is 1. The normalized spacial score (nSPS) is 12.0. The van der Waals surface area contributed by atoms with Crippen molar-refractivity contribution in [1.29, 1.82) is 0 Å². The van der Waals surface area contributed by atoms with Gasteiger partial charge in [0.15, 0.2) is 5.65 Å². The zero-order valence-corrected chi connectivity index (χ0v) is 8.49. The van der Waals surface area contributed by atoms with Crippen molar-refractivity contribution in [3.05, 3.63) is 29.2 Å². The lowest BCUT2D eigenvalue weighted by Crippen LogP contribution is -2.11. The lowest BCUT2D eigenvalue weighted by atomic mass is 10.3. The highest BCUT2D eigenvalue weighted by molar-refractivity contribution is 5.94. The number of carboxylic acid groups (broad SMARTS) is 1. The fourth-order valence-electron chi connectivity index (χ4n) is 1.41. The largest absolute Gasteiger partial charge is 0.477 e. The topological polar surface area (TPSA) is 67.5 Å². The summed E-state index contributed by atoms with van der Waals surface area (Å²) in [5, 5.41) is 12.5. The molecule has 0 bridgehead atoms. The van der Waals surface area contributed by atoms with Crippen molar-refractivity contribution in [1.82, 2.24) is 14.6 Å². The van der Waals surface area contributed by atoms with Crippen molar-refractivity contribution in [2.45, 2.75) is 13.1 Å². The van der Waals surface area contributed by atoms with Crippen molar-refractivity contribution in [3.63, 3.8) is 0 Å². The predicted octanol–water partition coefficient (Wildman–Crippen LogP) is 1.75. The number of carbonyl (C=O) groups is 1. The molecule has 0 aromatic carbocycles. The van der Waals surface area contributed by atoms with Crippen molar-refractivity contribution in [2.75, 3.05) is 0 Å². The van der Waals surface area contributed by atoms with Crippen LogP contribution in [0.15, 0.2) is 12.3 Å². The third-order valence-electron chi connectivity index (χ3n) is 2.17. The van der Waals surface area contributed by atoms with Gasteiger partial charge >= 0.3 is 12.1 Å². The van der Waals surface area contributed by atoms with Crippen LogP contribution in [0.4, 0.5) is 13.2 Å². The zero-order chi connectivity index (χ0) is 12.8. The average Bonchev–Trinajstić information content (AvgIpc) is 2.60. The van der Waals surface area contributed by atoms with Gasteiger partial charge in [-0.15, -0.1) is 0 Å². The average molecular weight is 245 g/mol. The van der Waals surface area contributed by atoms with Crippen LogP contribution in [-0.2, 0) is 6.18 Å². The molecule has 0 amide bonds. The zero-order valence-electron chi connectivity index (χ0n) is 8.49. The molecule has 2 rings (SSSR count). The number of alkyl halides is 3. The fourth-order valence-corrected chi connectivity index (χ4v) is 1.41. The van der Waals surface area contributed by atoms with Crippen LogP contribution in [-0.4, -0.2) is 25.7 Å². The molecule has 17 heavy (non-hydrogen) atoms. The van der Waals surface area contributed by atoms with E-state index in [-0.39, 0.29) is 16.9 Å².